The molecule has 2 heterocycles. The van der Waals surface area contributed by atoms with Crippen LogP contribution in [-0.2, 0) is 4.74 Å². The molecule has 19 heavy (non-hydrogen) atoms. The maximum atomic E-state index is 11.7. The van der Waals surface area contributed by atoms with Crippen LogP contribution in [0.3, 0.4) is 0 Å². The lowest BCUT2D eigenvalue weighted by atomic mass is 10.1. The molecule has 0 aliphatic carbocycles. The van der Waals surface area contributed by atoms with Crippen LogP contribution >= 0.6 is 11.3 Å². The van der Waals surface area contributed by atoms with Crippen LogP contribution in [0.25, 0.3) is 0 Å². The molecule has 1 amide bonds. The van der Waals surface area contributed by atoms with Crippen LogP contribution in [-0.4, -0.2) is 43.2 Å². The third-order valence-corrected chi connectivity index (χ3v) is 4.00. The van der Waals surface area contributed by atoms with Crippen molar-refractivity contribution < 1.29 is 9.53 Å². The lowest BCUT2D eigenvalue weighted by Gasteiger charge is -2.22. The van der Waals surface area contributed by atoms with Gasteiger partial charge >= 0.3 is 0 Å². The molecule has 0 aromatic carbocycles. The molecule has 106 valence electrons. The summed E-state index contributed by atoms with van der Waals surface area (Å²) < 4.78 is 5.77. The minimum absolute atomic E-state index is 0.0348. The Morgan fingerprint density at radius 3 is 3.05 bits per heavy atom. The van der Waals surface area contributed by atoms with Gasteiger partial charge in [0, 0.05) is 13.2 Å². The second-order valence-electron chi connectivity index (χ2n) is 4.67. The Labute approximate surface area is 117 Å². The molecule has 1 aliphatic heterocycles. The SMILES string of the molecule is Cc1ncc(C(=O)NCCCOC2CCNCC2)s1. The number of nitrogens with one attached hydrogen (secondary N) is 2. The zero-order valence-corrected chi connectivity index (χ0v) is 12.1. The first-order valence-electron chi connectivity index (χ1n) is 6.78. The van der Waals surface area contributed by atoms with Gasteiger partial charge in [0.05, 0.1) is 17.3 Å². The minimum Gasteiger partial charge on any atom is -0.378 e. The first-order valence-corrected chi connectivity index (χ1v) is 7.60. The fourth-order valence-electron chi connectivity index (χ4n) is 2.04. The van der Waals surface area contributed by atoms with Crippen LogP contribution in [0.2, 0.25) is 0 Å². The van der Waals surface area contributed by atoms with Gasteiger partial charge < -0.3 is 15.4 Å². The van der Waals surface area contributed by atoms with Gasteiger partial charge in [0.2, 0.25) is 0 Å². The van der Waals surface area contributed by atoms with Gasteiger partial charge in [-0.15, -0.1) is 11.3 Å². The van der Waals surface area contributed by atoms with E-state index in [0.717, 1.165) is 37.4 Å². The number of carbonyl (C=O) groups excluding carboxylic acids is 1. The Kier molecular flexibility index (Phi) is 5.75. The number of aromatic nitrogens is 1. The maximum Gasteiger partial charge on any atom is 0.263 e. The molecule has 1 fully saturated rings. The number of piperidine rings is 1. The molecule has 0 bridgehead atoms. The number of thiazole rings is 1. The van der Waals surface area contributed by atoms with Crippen molar-refractivity contribution in [2.75, 3.05) is 26.2 Å². The van der Waals surface area contributed by atoms with E-state index in [-0.39, 0.29) is 5.91 Å². The third-order valence-electron chi connectivity index (χ3n) is 3.09. The van der Waals surface area contributed by atoms with Gasteiger partial charge in [0.1, 0.15) is 4.88 Å². The number of hydrogen-bond acceptors (Lipinski definition) is 5. The molecule has 0 radical (unpaired) electrons. The molecule has 0 atom stereocenters. The Bertz CT molecular complexity index is 402. The average molecular weight is 283 g/mol. The van der Waals surface area contributed by atoms with Crippen LogP contribution in [0.4, 0.5) is 0 Å². The van der Waals surface area contributed by atoms with Crippen molar-refractivity contribution in [1.29, 1.82) is 0 Å². The number of amides is 1. The molecule has 1 aromatic rings. The van der Waals surface area contributed by atoms with E-state index in [9.17, 15) is 4.79 Å². The molecule has 2 N–H and O–H groups in total. The minimum atomic E-state index is -0.0348. The highest BCUT2D eigenvalue weighted by atomic mass is 32.1. The lowest BCUT2D eigenvalue weighted by Crippen LogP contribution is -2.33. The van der Waals surface area contributed by atoms with Crippen molar-refractivity contribution in [2.24, 2.45) is 0 Å². The summed E-state index contributed by atoms with van der Waals surface area (Å²) in [6.07, 6.45) is 5.05. The quantitative estimate of drug-likeness (QED) is 0.773. The van der Waals surface area contributed by atoms with E-state index >= 15 is 0 Å². The maximum absolute atomic E-state index is 11.7. The summed E-state index contributed by atoms with van der Waals surface area (Å²) in [5.74, 6) is -0.0348. The van der Waals surface area contributed by atoms with Crippen molar-refractivity contribution >= 4 is 17.2 Å². The molecular formula is C13H21N3O2S. The van der Waals surface area contributed by atoms with Crippen molar-refractivity contribution in [3.63, 3.8) is 0 Å². The molecule has 6 heteroatoms. The second-order valence-corrected chi connectivity index (χ2v) is 5.91. The van der Waals surface area contributed by atoms with Gasteiger partial charge in [-0.3, -0.25) is 4.79 Å². The molecule has 2 rings (SSSR count). The predicted octanol–water partition coefficient (Wildman–Crippen LogP) is 1.34. The number of rotatable bonds is 6. The molecule has 1 aromatic heterocycles. The van der Waals surface area contributed by atoms with Gasteiger partial charge in [-0.25, -0.2) is 4.98 Å². The monoisotopic (exact) mass is 283 g/mol. The Balaban J connectivity index is 1.55. The average Bonchev–Trinajstić information content (AvgIpc) is 2.86. The van der Waals surface area contributed by atoms with E-state index in [0.29, 0.717) is 24.1 Å². The van der Waals surface area contributed by atoms with E-state index in [1.807, 2.05) is 6.92 Å². The molecular weight excluding hydrogens is 262 g/mol. The van der Waals surface area contributed by atoms with Crippen LogP contribution < -0.4 is 10.6 Å². The zero-order chi connectivity index (χ0) is 13.5. The smallest absolute Gasteiger partial charge is 0.263 e. The predicted molar refractivity (Wildman–Crippen MR) is 75.6 cm³/mol. The van der Waals surface area contributed by atoms with Crippen molar-refractivity contribution in [1.82, 2.24) is 15.6 Å². The third kappa shape index (κ3) is 4.89. The molecule has 0 unspecified atom stereocenters. The number of nitrogens with zero attached hydrogens (tertiary/aromatic N) is 1. The van der Waals surface area contributed by atoms with Crippen molar-refractivity contribution in [3.05, 3.63) is 16.1 Å². The van der Waals surface area contributed by atoms with Gasteiger partial charge in [0.15, 0.2) is 0 Å². The molecule has 1 saturated heterocycles. The lowest BCUT2D eigenvalue weighted by molar-refractivity contribution is 0.0318. The molecule has 5 nitrogen and oxygen atoms in total. The van der Waals surface area contributed by atoms with Gasteiger partial charge in [-0.05, 0) is 39.3 Å². The van der Waals surface area contributed by atoms with Crippen LogP contribution in [0.1, 0.15) is 33.9 Å². The number of ether oxygens (including phenoxy) is 1. The first kappa shape index (κ1) is 14.4. The van der Waals surface area contributed by atoms with Crippen LogP contribution in [0, 0.1) is 6.92 Å². The molecule has 0 saturated carbocycles. The van der Waals surface area contributed by atoms with Gasteiger partial charge in [0.25, 0.3) is 5.91 Å². The fraction of sp³-hybridized carbons (Fsp3) is 0.692. The normalized spacial score (nSPS) is 16.5. The van der Waals surface area contributed by atoms with E-state index in [2.05, 4.69) is 15.6 Å². The summed E-state index contributed by atoms with van der Waals surface area (Å²) in [6.45, 7) is 5.36. The van der Waals surface area contributed by atoms with Crippen LogP contribution in [0.15, 0.2) is 6.20 Å². The van der Waals surface area contributed by atoms with E-state index < -0.39 is 0 Å². The Morgan fingerprint density at radius 2 is 2.37 bits per heavy atom. The van der Waals surface area contributed by atoms with E-state index in [1.54, 1.807) is 6.20 Å². The summed E-state index contributed by atoms with van der Waals surface area (Å²) in [7, 11) is 0. The number of carbonyl (C=O) groups is 1. The van der Waals surface area contributed by atoms with E-state index in [4.69, 9.17) is 4.74 Å². The van der Waals surface area contributed by atoms with Gasteiger partial charge in [-0.1, -0.05) is 0 Å². The first-order chi connectivity index (χ1) is 9.25. The van der Waals surface area contributed by atoms with Gasteiger partial charge in [-0.2, -0.15) is 0 Å². The highest BCUT2D eigenvalue weighted by Crippen LogP contribution is 2.11. The summed E-state index contributed by atoms with van der Waals surface area (Å²) >= 11 is 1.42. The highest BCUT2D eigenvalue weighted by Gasteiger charge is 2.13. The van der Waals surface area contributed by atoms with Crippen molar-refractivity contribution in [2.45, 2.75) is 32.3 Å². The summed E-state index contributed by atoms with van der Waals surface area (Å²) in [6, 6.07) is 0. The van der Waals surface area contributed by atoms with E-state index in [1.165, 1.54) is 11.3 Å². The summed E-state index contributed by atoms with van der Waals surface area (Å²) in [4.78, 5) is 16.5. The largest absolute Gasteiger partial charge is 0.378 e. The summed E-state index contributed by atoms with van der Waals surface area (Å²) in [5, 5.41) is 7.11. The Hall–Kier alpha value is -0.980. The fourth-order valence-corrected chi connectivity index (χ4v) is 2.73. The highest BCUT2D eigenvalue weighted by molar-refractivity contribution is 7.13. The second kappa shape index (κ2) is 7.57. The number of hydrogen-bond donors (Lipinski definition) is 2. The van der Waals surface area contributed by atoms with Crippen LogP contribution in [0.5, 0.6) is 0 Å². The topological polar surface area (TPSA) is 63.2 Å². The summed E-state index contributed by atoms with van der Waals surface area (Å²) in [5.41, 5.74) is 0. The Morgan fingerprint density at radius 1 is 1.58 bits per heavy atom. The zero-order valence-electron chi connectivity index (χ0n) is 11.3. The molecule has 1 aliphatic rings. The van der Waals surface area contributed by atoms with Crippen molar-refractivity contribution in [3.8, 4) is 0 Å². The number of aryl methyl sites for hydroxylation is 1. The standard InChI is InChI=1S/C13H21N3O2S/c1-10-16-9-12(19-10)13(17)15-5-2-8-18-11-3-6-14-7-4-11/h9,11,14H,2-8H2,1H3,(H,15,17). The molecule has 0 spiro atoms.